The van der Waals surface area contributed by atoms with Crippen LogP contribution < -0.4 is 20.1 Å². The molecule has 0 aromatic heterocycles. The molecule has 0 saturated carbocycles. The van der Waals surface area contributed by atoms with Gasteiger partial charge >= 0.3 is 12.0 Å². The van der Waals surface area contributed by atoms with Gasteiger partial charge < -0.3 is 19.5 Å². The molecule has 0 heterocycles. The molecule has 0 saturated heterocycles. The van der Waals surface area contributed by atoms with E-state index >= 15 is 0 Å². The summed E-state index contributed by atoms with van der Waals surface area (Å²) in [5.74, 6) is -0.226. The number of benzene rings is 1. The average Bonchev–Trinajstić information content (AvgIpc) is 2.61. The lowest BCUT2D eigenvalue weighted by Gasteiger charge is -2.13. The molecule has 0 unspecified atom stereocenters. The van der Waals surface area contributed by atoms with E-state index in [-0.39, 0.29) is 6.04 Å². The quantitative estimate of drug-likeness (QED) is 0.495. The van der Waals surface area contributed by atoms with Crippen molar-refractivity contribution in [2.24, 2.45) is 0 Å². The van der Waals surface area contributed by atoms with Crippen molar-refractivity contribution in [3.63, 3.8) is 0 Å². The number of rotatable bonds is 9. The molecule has 2 N–H and O–H groups in total. The van der Waals surface area contributed by atoms with E-state index in [4.69, 9.17) is 14.2 Å². The zero-order chi connectivity index (χ0) is 21.1. The van der Waals surface area contributed by atoms with Gasteiger partial charge in [0.05, 0.1) is 13.2 Å². The third-order valence-electron chi connectivity index (χ3n) is 3.30. The summed E-state index contributed by atoms with van der Waals surface area (Å²) in [7, 11) is 0. The van der Waals surface area contributed by atoms with Crippen LogP contribution in [0.3, 0.4) is 0 Å². The summed E-state index contributed by atoms with van der Waals surface area (Å²) >= 11 is 0. The molecule has 0 aliphatic rings. The first-order valence-corrected chi connectivity index (χ1v) is 9.16. The standard InChI is InChI=1S/C20H28N2O6/c1-6-26-16-10-8-15(12-17(16)27-7-2)9-11-18(23)28-14(5)19(24)22-20(25)21-13(3)4/h8-14H,6-7H2,1-5H3,(H2,21,22,24,25)/b11-9+/t14-/m1/s1. The Kier molecular flexibility index (Phi) is 9.56. The SMILES string of the molecule is CCOc1ccc(/C=C/C(=O)O[C@H](C)C(=O)NC(=O)NC(C)C)cc1OCC. The lowest BCUT2D eigenvalue weighted by molar-refractivity contribution is -0.149. The van der Waals surface area contributed by atoms with E-state index < -0.39 is 24.0 Å². The number of ether oxygens (including phenoxy) is 3. The highest BCUT2D eigenvalue weighted by Crippen LogP contribution is 2.29. The van der Waals surface area contributed by atoms with Gasteiger partial charge in [-0.2, -0.15) is 0 Å². The second-order valence-corrected chi connectivity index (χ2v) is 6.10. The Morgan fingerprint density at radius 1 is 1.04 bits per heavy atom. The maximum Gasteiger partial charge on any atom is 0.331 e. The van der Waals surface area contributed by atoms with Crippen LogP contribution in [0.25, 0.3) is 6.08 Å². The molecule has 0 spiro atoms. The van der Waals surface area contributed by atoms with E-state index in [1.165, 1.54) is 19.1 Å². The van der Waals surface area contributed by atoms with Gasteiger partial charge in [0, 0.05) is 12.1 Å². The zero-order valence-corrected chi connectivity index (χ0v) is 16.9. The maximum absolute atomic E-state index is 11.9. The van der Waals surface area contributed by atoms with E-state index in [2.05, 4.69) is 10.6 Å². The smallest absolute Gasteiger partial charge is 0.331 e. The summed E-state index contributed by atoms with van der Waals surface area (Å²) in [4.78, 5) is 35.3. The molecule has 0 aliphatic carbocycles. The minimum absolute atomic E-state index is 0.121. The van der Waals surface area contributed by atoms with Crippen LogP contribution in [0.1, 0.15) is 40.2 Å². The van der Waals surface area contributed by atoms with Crippen molar-refractivity contribution in [3.05, 3.63) is 29.8 Å². The molecule has 154 valence electrons. The molecule has 0 bridgehead atoms. The Bertz CT molecular complexity index is 715. The maximum atomic E-state index is 11.9. The number of carbonyl (C=O) groups excluding carboxylic acids is 3. The normalized spacial score (nSPS) is 11.8. The molecule has 0 radical (unpaired) electrons. The van der Waals surface area contributed by atoms with Crippen molar-refractivity contribution in [2.45, 2.75) is 46.8 Å². The third kappa shape index (κ3) is 8.11. The largest absolute Gasteiger partial charge is 0.490 e. The van der Waals surface area contributed by atoms with Gasteiger partial charge in [-0.25, -0.2) is 9.59 Å². The molecule has 1 rings (SSSR count). The fourth-order valence-electron chi connectivity index (χ4n) is 2.11. The number of urea groups is 1. The average molecular weight is 392 g/mol. The number of esters is 1. The van der Waals surface area contributed by atoms with Gasteiger partial charge in [0.1, 0.15) is 0 Å². The molecule has 8 nitrogen and oxygen atoms in total. The van der Waals surface area contributed by atoms with Crippen LogP contribution in [-0.4, -0.2) is 43.3 Å². The van der Waals surface area contributed by atoms with Crippen LogP contribution >= 0.6 is 0 Å². The molecule has 1 aromatic rings. The van der Waals surface area contributed by atoms with Gasteiger partial charge in [-0.15, -0.1) is 0 Å². The van der Waals surface area contributed by atoms with E-state index in [9.17, 15) is 14.4 Å². The van der Waals surface area contributed by atoms with Gasteiger partial charge in [-0.3, -0.25) is 10.1 Å². The fraction of sp³-hybridized carbons (Fsp3) is 0.450. The van der Waals surface area contributed by atoms with Crippen LogP contribution in [0, 0.1) is 0 Å². The highest BCUT2D eigenvalue weighted by Gasteiger charge is 2.19. The topological polar surface area (TPSA) is 103 Å². The lowest BCUT2D eigenvalue weighted by Crippen LogP contribution is -2.46. The van der Waals surface area contributed by atoms with Crippen molar-refractivity contribution in [3.8, 4) is 11.5 Å². The number of amides is 3. The third-order valence-corrected chi connectivity index (χ3v) is 3.30. The first kappa shape index (κ1) is 23.0. The van der Waals surface area contributed by atoms with E-state index in [1.54, 1.807) is 32.0 Å². The van der Waals surface area contributed by atoms with Crippen LogP contribution in [0.15, 0.2) is 24.3 Å². The summed E-state index contributed by atoms with van der Waals surface area (Å²) in [6.45, 7) is 9.63. The molecular formula is C20H28N2O6. The van der Waals surface area contributed by atoms with Gasteiger partial charge in [-0.1, -0.05) is 6.07 Å². The molecular weight excluding hydrogens is 364 g/mol. The Morgan fingerprint density at radius 2 is 1.68 bits per heavy atom. The van der Waals surface area contributed by atoms with Gasteiger partial charge in [0.15, 0.2) is 17.6 Å². The lowest BCUT2D eigenvalue weighted by atomic mass is 10.2. The van der Waals surface area contributed by atoms with Gasteiger partial charge in [0.25, 0.3) is 5.91 Å². The number of hydrogen-bond donors (Lipinski definition) is 2. The second kappa shape index (κ2) is 11.6. The Hall–Kier alpha value is -3.03. The zero-order valence-electron chi connectivity index (χ0n) is 16.9. The van der Waals surface area contributed by atoms with Crippen molar-refractivity contribution < 1.29 is 28.6 Å². The van der Waals surface area contributed by atoms with Crippen LogP contribution in [0.2, 0.25) is 0 Å². The molecule has 0 fully saturated rings. The Morgan fingerprint density at radius 3 is 2.29 bits per heavy atom. The second-order valence-electron chi connectivity index (χ2n) is 6.10. The predicted octanol–water partition coefficient (Wildman–Crippen LogP) is 2.66. The first-order chi connectivity index (χ1) is 13.3. The summed E-state index contributed by atoms with van der Waals surface area (Å²) in [6.07, 6.45) is 1.62. The van der Waals surface area contributed by atoms with E-state index in [0.717, 1.165) is 0 Å². The molecule has 28 heavy (non-hydrogen) atoms. The summed E-state index contributed by atoms with van der Waals surface area (Å²) in [5.41, 5.74) is 0.706. The van der Waals surface area contributed by atoms with E-state index in [1.807, 2.05) is 13.8 Å². The molecule has 3 amide bonds. The number of imide groups is 1. The number of nitrogens with one attached hydrogen (secondary N) is 2. The number of hydrogen-bond acceptors (Lipinski definition) is 6. The molecule has 1 aromatic carbocycles. The van der Waals surface area contributed by atoms with Crippen molar-refractivity contribution in [1.29, 1.82) is 0 Å². The minimum Gasteiger partial charge on any atom is -0.490 e. The van der Waals surface area contributed by atoms with Crippen LogP contribution in [0.5, 0.6) is 11.5 Å². The monoisotopic (exact) mass is 392 g/mol. The van der Waals surface area contributed by atoms with Crippen LogP contribution in [-0.2, 0) is 14.3 Å². The highest BCUT2D eigenvalue weighted by molar-refractivity contribution is 5.98. The minimum atomic E-state index is -1.12. The van der Waals surface area contributed by atoms with E-state index in [0.29, 0.717) is 30.3 Å². The fourth-order valence-corrected chi connectivity index (χ4v) is 2.11. The highest BCUT2D eigenvalue weighted by atomic mass is 16.5. The van der Waals surface area contributed by atoms with Crippen molar-refractivity contribution in [1.82, 2.24) is 10.6 Å². The number of carbonyl (C=O) groups is 3. The summed E-state index contributed by atoms with van der Waals surface area (Å²) in [5, 5.41) is 4.62. The van der Waals surface area contributed by atoms with Gasteiger partial charge in [0.2, 0.25) is 0 Å². The van der Waals surface area contributed by atoms with Crippen molar-refractivity contribution in [2.75, 3.05) is 13.2 Å². The van der Waals surface area contributed by atoms with Crippen LogP contribution in [0.4, 0.5) is 4.79 Å². The predicted molar refractivity (Wildman–Crippen MR) is 105 cm³/mol. The molecule has 0 aliphatic heterocycles. The Balaban J connectivity index is 2.66. The first-order valence-electron chi connectivity index (χ1n) is 9.16. The summed E-state index contributed by atoms with van der Waals surface area (Å²) < 4.78 is 16.0. The molecule has 1 atom stereocenters. The van der Waals surface area contributed by atoms with Gasteiger partial charge in [-0.05, 0) is 58.4 Å². The summed E-state index contributed by atoms with van der Waals surface area (Å²) in [6, 6.07) is 4.50. The van der Waals surface area contributed by atoms with Crippen molar-refractivity contribution >= 4 is 24.0 Å². The molecule has 8 heteroatoms. The Labute approximate surface area is 165 Å².